The van der Waals surface area contributed by atoms with E-state index in [0.29, 0.717) is 0 Å². The largest absolute Gasteiger partial charge is 0.403 e. The molecule has 0 saturated heterocycles. The molecule has 0 unspecified atom stereocenters. The second kappa shape index (κ2) is 6.82. The van der Waals surface area contributed by atoms with E-state index in [1.165, 1.54) is 18.2 Å². The standard InChI is InChI=1S/C10H10Cl2F3NO.ClH/c11-6-1-5(2-7(12)3-6)8(17)4-9(16)10(13,14)15;/h1-3,8-9,17H,4,16H2;1H/t8-,9-;/m0./s1. The third kappa shape index (κ3) is 5.20. The van der Waals surface area contributed by atoms with E-state index in [4.69, 9.17) is 28.9 Å². The number of aliphatic hydroxyl groups excluding tert-OH is 1. The van der Waals surface area contributed by atoms with Crippen LogP contribution in [0.25, 0.3) is 0 Å². The van der Waals surface area contributed by atoms with Crippen LogP contribution in [0.2, 0.25) is 10.0 Å². The highest BCUT2D eigenvalue weighted by Gasteiger charge is 2.37. The maximum atomic E-state index is 12.2. The van der Waals surface area contributed by atoms with Crippen LogP contribution >= 0.6 is 35.6 Å². The molecule has 18 heavy (non-hydrogen) atoms. The molecule has 8 heteroatoms. The third-order valence-electron chi connectivity index (χ3n) is 2.17. The van der Waals surface area contributed by atoms with Crippen molar-refractivity contribution in [3.05, 3.63) is 33.8 Å². The first kappa shape index (κ1) is 17.8. The molecule has 0 heterocycles. The second-order valence-electron chi connectivity index (χ2n) is 3.60. The highest BCUT2D eigenvalue weighted by molar-refractivity contribution is 6.34. The Morgan fingerprint density at radius 3 is 2.00 bits per heavy atom. The van der Waals surface area contributed by atoms with E-state index in [0.717, 1.165) is 0 Å². The summed E-state index contributed by atoms with van der Waals surface area (Å²) in [5.74, 6) is 0. The Morgan fingerprint density at radius 1 is 1.17 bits per heavy atom. The lowest BCUT2D eigenvalue weighted by molar-refractivity contribution is -0.153. The van der Waals surface area contributed by atoms with Crippen LogP contribution in [0.15, 0.2) is 18.2 Å². The maximum absolute atomic E-state index is 12.2. The molecule has 0 fully saturated rings. The minimum absolute atomic E-state index is 0. The molecule has 104 valence electrons. The Bertz CT molecular complexity index is 380. The van der Waals surface area contributed by atoms with Crippen LogP contribution in [-0.2, 0) is 0 Å². The Hall–Kier alpha value is -0.200. The Morgan fingerprint density at radius 2 is 1.61 bits per heavy atom. The summed E-state index contributed by atoms with van der Waals surface area (Å²) in [5, 5.41) is 10.1. The van der Waals surface area contributed by atoms with Gasteiger partial charge < -0.3 is 10.8 Å². The van der Waals surface area contributed by atoms with Gasteiger partial charge in [-0.1, -0.05) is 23.2 Å². The number of hydrogen-bond donors (Lipinski definition) is 2. The average molecular weight is 325 g/mol. The maximum Gasteiger partial charge on any atom is 0.403 e. The molecule has 0 amide bonds. The molecule has 0 spiro atoms. The fraction of sp³-hybridized carbons (Fsp3) is 0.400. The van der Waals surface area contributed by atoms with Crippen LogP contribution < -0.4 is 5.73 Å². The van der Waals surface area contributed by atoms with E-state index in [1.807, 2.05) is 0 Å². The molecular formula is C10H11Cl3F3NO. The predicted molar refractivity (Wildman–Crippen MR) is 67.3 cm³/mol. The molecule has 0 aromatic heterocycles. The van der Waals surface area contributed by atoms with Gasteiger partial charge in [0, 0.05) is 16.5 Å². The molecule has 0 radical (unpaired) electrons. The Balaban J connectivity index is 0.00000289. The molecule has 0 aliphatic carbocycles. The van der Waals surface area contributed by atoms with Gasteiger partial charge in [-0.2, -0.15) is 13.2 Å². The highest BCUT2D eigenvalue weighted by Crippen LogP contribution is 2.29. The van der Waals surface area contributed by atoms with E-state index in [2.05, 4.69) is 0 Å². The van der Waals surface area contributed by atoms with Gasteiger partial charge in [0.25, 0.3) is 0 Å². The SMILES string of the molecule is Cl.N[C@@H](C[C@H](O)c1cc(Cl)cc(Cl)c1)C(F)(F)F. The van der Waals surface area contributed by atoms with Crippen molar-refractivity contribution in [3.8, 4) is 0 Å². The van der Waals surface area contributed by atoms with E-state index < -0.39 is 24.7 Å². The van der Waals surface area contributed by atoms with Gasteiger partial charge in [0.2, 0.25) is 0 Å². The van der Waals surface area contributed by atoms with Crippen molar-refractivity contribution in [1.29, 1.82) is 0 Å². The molecule has 2 nitrogen and oxygen atoms in total. The number of alkyl halides is 3. The van der Waals surface area contributed by atoms with Crippen molar-refractivity contribution < 1.29 is 18.3 Å². The monoisotopic (exact) mass is 323 g/mol. The third-order valence-corrected chi connectivity index (χ3v) is 2.60. The average Bonchev–Trinajstić information content (AvgIpc) is 2.14. The van der Waals surface area contributed by atoms with Crippen LogP contribution in [0.4, 0.5) is 13.2 Å². The summed E-state index contributed by atoms with van der Waals surface area (Å²) >= 11 is 11.3. The summed E-state index contributed by atoms with van der Waals surface area (Å²) in [6.07, 6.45) is -6.54. The van der Waals surface area contributed by atoms with Gasteiger partial charge >= 0.3 is 6.18 Å². The molecule has 2 atom stereocenters. The molecule has 0 bridgehead atoms. The van der Waals surface area contributed by atoms with Crippen molar-refractivity contribution in [2.75, 3.05) is 0 Å². The van der Waals surface area contributed by atoms with E-state index in [9.17, 15) is 18.3 Å². The summed E-state index contributed by atoms with van der Waals surface area (Å²) < 4.78 is 36.6. The van der Waals surface area contributed by atoms with Gasteiger partial charge in [0.15, 0.2) is 0 Å². The Labute approximate surface area is 118 Å². The lowest BCUT2D eigenvalue weighted by atomic mass is 10.0. The van der Waals surface area contributed by atoms with Crippen LogP contribution in [0.5, 0.6) is 0 Å². The summed E-state index contributed by atoms with van der Waals surface area (Å²) in [6.45, 7) is 0. The lowest BCUT2D eigenvalue weighted by Gasteiger charge is -2.19. The topological polar surface area (TPSA) is 46.2 Å². The Kier molecular flexibility index (Phi) is 6.74. The van der Waals surface area contributed by atoms with Crippen molar-refractivity contribution in [2.24, 2.45) is 5.73 Å². The molecule has 0 saturated carbocycles. The van der Waals surface area contributed by atoms with Crippen LogP contribution in [0.3, 0.4) is 0 Å². The van der Waals surface area contributed by atoms with Crippen LogP contribution in [-0.4, -0.2) is 17.3 Å². The highest BCUT2D eigenvalue weighted by atomic mass is 35.5. The molecular weight excluding hydrogens is 313 g/mol. The molecule has 0 aliphatic rings. The van der Waals surface area contributed by atoms with Crippen LogP contribution in [0, 0.1) is 0 Å². The van der Waals surface area contributed by atoms with Gasteiger partial charge in [-0.15, -0.1) is 12.4 Å². The number of nitrogens with two attached hydrogens (primary N) is 1. The van der Waals surface area contributed by atoms with Gasteiger partial charge in [-0.3, -0.25) is 0 Å². The van der Waals surface area contributed by atoms with E-state index in [1.54, 1.807) is 0 Å². The fourth-order valence-electron chi connectivity index (χ4n) is 1.28. The second-order valence-corrected chi connectivity index (χ2v) is 4.48. The minimum atomic E-state index is -4.54. The number of hydrogen-bond acceptors (Lipinski definition) is 2. The van der Waals surface area contributed by atoms with Crippen molar-refractivity contribution in [3.63, 3.8) is 0 Å². The first-order valence-corrected chi connectivity index (χ1v) is 5.42. The van der Waals surface area contributed by atoms with Crippen LogP contribution in [0.1, 0.15) is 18.1 Å². The van der Waals surface area contributed by atoms with Crippen molar-refractivity contribution in [2.45, 2.75) is 24.7 Å². The predicted octanol–water partition coefficient (Wildman–Crippen LogP) is 3.73. The molecule has 3 N–H and O–H groups in total. The van der Waals surface area contributed by atoms with Gasteiger partial charge in [0.1, 0.15) is 6.04 Å². The minimum Gasteiger partial charge on any atom is -0.388 e. The first-order valence-electron chi connectivity index (χ1n) is 4.66. The number of benzene rings is 1. The summed E-state index contributed by atoms with van der Waals surface area (Å²) in [4.78, 5) is 0. The van der Waals surface area contributed by atoms with Gasteiger partial charge in [0.05, 0.1) is 6.10 Å². The molecule has 0 aliphatic heterocycles. The first-order chi connectivity index (χ1) is 7.70. The number of halogens is 6. The van der Waals surface area contributed by atoms with Crippen molar-refractivity contribution >= 4 is 35.6 Å². The zero-order valence-electron chi connectivity index (χ0n) is 8.92. The van der Waals surface area contributed by atoms with E-state index in [-0.39, 0.29) is 28.0 Å². The molecule has 1 rings (SSSR count). The number of aliphatic hydroxyl groups is 1. The van der Waals surface area contributed by atoms with E-state index >= 15 is 0 Å². The molecule has 1 aromatic rings. The zero-order chi connectivity index (χ0) is 13.2. The number of rotatable bonds is 3. The van der Waals surface area contributed by atoms with Gasteiger partial charge in [-0.05, 0) is 23.8 Å². The lowest BCUT2D eigenvalue weighted by Crippen LogP contribution is -2.38. The fourth-order valence-corrected chi connectivity index (χ4v) is 1.82. The van der Waals surface area contributed by atoms with Crippen molar-refractivity contribution in [1.82, 2.24) is 0 Å². The summed E-state index contributed by atoms with van der Waals surface area (Å²) in [5.41, 5.74) is 5.12. The normalized spacial score (nSPS) is 14.8. The quantitative estimate of drug-likeness (QED) is 0.890. The summed E-state index contributed by atoms with van der Waals surface area (Å²) in [7, 11) is 0. The zero-order valence-corrected chi connectivity index (χ0v) is 11.2. The summed E-state index contributed by atoms with van der Waals surface area (Å²) in [6, 6.07) is 2.03. The molecule has 1 aromatic carbocycles. The smallest absolute Gasteiger partial charge is 0.388 e. The van der Waals surface area contributed by atoms with Gasteiger partial charge in [-0.25, -0.2) is 0 Å².